The van der Waals surface area contributed by atoms with E-state index in [1.54, 1.807) is 11.3 Å². The minimum Gasteiger partial charge on any atom is -0.360 e. The van der Waals surface area contributed by atoms with E-state index in [2.05, 4.69) is 43.2 Å². The summed E-state index contributed by atoms with van der Waals surface area (Å²) in [7, 11) is 0. The van der Waals surface area contributed by atoms with Crippen LogP contribution in [0.3, 0.4) is 0 Å². The number of hydrogen-bond acceptors (Lipinski definition) is 4. The maximum absolute atomic E-state index is 4.03. The van der Waals surface area contributed by atoms with E-state index < -0.39 is 0 Å². The number of rotatable bonds is 3. The minimum absolute atomic E-state index is 0.340. The molecule has 1 aromatic rings. The van der Waals surface area contributed by atoms with E-state index in [1.807, 2.05) is 6.92 Å². The molecule has 1 aromatic heterocycles. The number of hydrogen-bond donors (Lipinski definition) is 1. The van der Waals surface area contributed by atoms with Crippen LogP contribution in [0.4, 0.5) is 5.13 Å². The van der Waals surface area contributed by atoms with Crippen molar-refractivity contribution in [1.82, 2.24) is 10.2 Å². The molecule has 1 heterocycles. The molecule has 0 aliphatic carbocycles. The van der Waals surface area contributed by atoms with Crippen LogP contribution in [-0.2, 0) is 0 Å². The normalized spacial score (nSPS) is 14.1. The van der Waals surface area contributed by atoms with E-state index in [1.165, 1.54) is 0 Å². The lowest BCUT2D eigenvalue weighted by atomic mass is 9.82. The van der Waals surface area contributed by atoms with Crippen LogP contribution in [-0.4, -0.2) is 16.7 Å². The highest BCUT2D eigenvalue weighted by Crippen LogP contribution is 2.25. The third-order valence-corrected chi connectivity index (χ3v) is 3.36. The Morgan fingerprint density at radius 2 is 2.00 bits per heavy atom. The van der Waals surface area contributed by atoms with Gasteiger partial charge in [0.2, 0.25) is 5.13 Å². The SMILES string of the molecule is Cc1nnc(NCC(C)C(C)(C)C)s1. The number of nitrogens with one attached hydrogen (secondary N) is 1. The fourth-order valence-corrected chi connectivity index (χ4v) is 1.51. The Balaban J connectivity index is 2.41. The van der Waals surface area contributed by atoms with Crippen molar-refractivity contribution in [3.8, 4) is 0 Å². The fourth-order valence-electron chi connectivity index (χ4n) is 0.915. The third kappa shape index (κ3) is 3.25. The molecule has 0 amide bonds. The molecule has 0 bridgehead atoms. The summed E-state index contributed by atoms with van der Waals surface area (Å²) in [4.78, 5) is 0. The first-order valence-electron chi connectivity index (χ1n) is 4.93. The van der Waals surface area contributed by atoms with Crippen LogP contribution < -0.4 is 5.32 Å². The summed E-state index contributed by atoms with van der Waals surface area (Å²) >= 11 is 1.61. The molecule has 0 aliphatic heterocycles. The van der Waals surface area contributed by atoms with Crippen LogP contribution in [0.15, 0.2) is 0 Å². The molecule has 1 unspecified atom stereocenters. The quantitative estimate of drug-likeness (QED) is 0.839. The fraction of sp³-hybridized carbons (Fsp3) is 0.800. The summed E-state index contributed by atoms with van der Waals surface area (Å²) in [5.41, 5.74) is 0.340. The molecule has 0 radical (unpaired) electrons. The molecule has 0 aromatic carbocycles. The van der Waals surface area contributed by atoms with Gasteiger partial charge in [0.05, 0.1) is 0 Å². The zero-order valence-electron chi connectivity index (χ0n) is 9.59. The van der Waals surface area contributed by atoms with Crippen LogP contribution in [0.25, 0.3) is 0 Å². The zero-order valence-corrected chi connectivity index (χ0v) is 10.4. The minimum atomic E-state index is 0.340. The maximum atomic E-state index is 4.03. The van der Waals surface area contributed by atoms with Gasteiger partial charge in [0, 0.05) is 6.54 Å². The van der Waals surface area contributed by atoms with Crippen molar-refractivity contribution in [3.63, 3.8) is 0 Å². The molecule has 1 N–H and O–H groups in total. The molecule has 0 saturated heterocycles. The molecule has 0 aliphatic rings. The Morgan fingerprint density at radius 1 is 1.36 bits per heavy atom. The van der Waals surface area contributed by atoms with Gasteiger partial charge in [-0.1, -0.05) is 39.0 Å². The maximum Gasteiger partial charge on any atom is 0.205 e. The van der Waals surface area contributed by atoms with E-state index in [0.717, 1.165) is 16.7 Å². The topological polar surface area (TPSA) is 37.8 Å². The molecule has 1 atom stereocenters. The summed E-state index contributed by atoms with van der Waals surface area (Å²) in [6.07, 6.45) is 0. The Labute approximate surface area is 89.9 Å². The third-order valence-electron chi connectivity index (χ3n) is 2.56. The second-order valence-corrected chi connectivity index (χ2v) is 5.96. The summed E-state index contributed by atoms with van der Waals surface area (Å²) in [5.74, 6) is 0.617. The first-order valence-corrected chi connectivity index (χ1v) is 5.75. The Bertz CT molecular complexity index is 288. The predicted octanol–water partition coefficient (Wildman–Crippen LogP) is 2.94. The van der Waals surface area contributed by atoms with Crippen molar-refractivity contribution in [2.45, 2.75) is 34.6 Å². The van der Waals surface area contributed by atoms with E-state index in [4.69, 9.17) is 0 Å². The smallest absolute Gasteiger partial charge is 0.205 e. The summed E-state index contributed by atoms with van der Waals surface area (Å²) < 4.78 is 0. The predicted molar refractivity (Wildman–Crippen MR) is 61.8 cm³/mol. The van der Waals surface area contributed by atoms with Crippen molar-refractivity contribution in [1.29, 1.82) is 0 Å². The van der Waals surface area contributed by atoms with Gasteiger partial charge in [-0.3, -0.25) is 0 Å². The lowest BCUT2D eigenvalue weighted by Gasteiger charge is -2.27. The largest absolute Gasteiger partial charge is 0.360 e. The highest BCUT2D eigenvalue weighted by atomic mass is 32.1. The van der Waals surface area contributed by atoms with Crippen molar-refractivity contribution < 1.29 is 0 Å². The van der Waals surface area contributed by atoms with Gasteiger partial charge in [-0.25, -0.2) is 0 Å². The lowest BCUT2D eigenvalue weighted by molar-refractivity contribution is 0.274. The van der Waals surface area contributed by atoms with Crippen LogP contribution >= 0.6 is 11.3 Å². The molecular weight excluding hydrogens is 194 g/mol. The van der Waals surface area contributed by atoms with E-state index in [9.17, 15) is 0 Å². The van der Waals surface area contributed by atoms with Crippen LogP contribution in [0.5, 0.6) is 0 Å². The molecule has 0 spiro atoms. The van der Waals surface area contributed by atoms with Gasteiger partial charge in [-0.15, -0.1) is 10.2 Å². The number of aryl methyl sites for hydroxylation is 1. The van der Waals surface area contributed by atoms with Crippen LogP contribution in [0, 0.1) is 18.3 Å². The molecule has 0 fully saturated rings. The molecule has 0 saturated carbocycles. The summed E-state index contributed by atoms with van der Waals surface area (Å²) in [5, 5.41) is 13.2. The summed E-state index contributed by atoms with van der Waals surface area (Å²) in [6, 6.07) is 0. The Morgan fingerprint density at radius 3 is 2.43 bits per heavy atom. The van der Waals surface area contributed by atoms with Crippen molar-refractivity contribution >= 4 is 16.5 Å². The average Bonchev–Trinajstić information content (AvgIpc) is 2.45. The van der Waals surface area contributed by atoms with E-state index in [0.29, 0.717) is 11.3 Å². The van der Waals surface area contributed by atoms with E-state index >= 15 is 0 Å². The van der Waals surface area contributed by atoms with Gasteiger partial charge in [-0.2, -0.15) is 0 Å². The monoisotopic (exact) mass is 213 g/mol. The van der Waals surface area contributed by atoms with Gasteiger partial charge < -0.3 is 5.32 Å². The van der Waals surface area contributed by atoms with Crippen LogP contribution in [0.1, 0.15) is 32.7 Å². The van der Waals surface area contributed by atoms with Crippen LogP contribution in [0.2, 0.25) is 0 Å². The van der Waals surface area contributed by atoms with E-state index in [-0.39, 0.29) is 0 Å². The number of anilines is 1. The van der Waals surface area contributed by atoms with Gasteiger partial charge in [0.1, 0.15) is 5.01 Å². The van der Waals surface area contributed by atoms with Crippen molar-refractivity contribution in [2.75, 3.05) is 11.9 Å². The highest BCUT2D eigenvalue weighted by molar-refractivity contribution is 7.15. The standard InChI is InChI=1S/C10H19N3S/c1-7(10(3,4)5)6-11-9-13-12-8(2)14-9/h7H,6H2,1-5H3,(H,11,13). The van der Waals surface area contributed by atoms with Gasteiger partial charge in [0.15, 0.2) is 0 Å². The van der Waals surface area contributed by atoms with Gasteiger partial charge in [0.25, 0.3) is 0 Å². The van der Waals surface area contributed by atoms with Crippen molar-refractivity contribution in [3.05, 3.63) is 5.01 Å². The van der Waals surface area contributed by atoms with Crippen molar-refractivity contribution in [2.24, 2.45) is 11.3 Å². The molecule has 4 heteroatoms. The average molecular weight is 213 g/mol. The molecule has 14 heavy (non-hydrogen) atoms. The molecule has 3 nitrogen and oxygen atoms in total. The highest BCUT2D eigenvalue weighted by Gasteiger charge is 2.19. The Hall–Kier alpha value is -0.640. The Kier molecular flexibility index (Phi) is 3.48. The first-order chi connectivity index (χ1) is 6.39. The van der Waals surface area contributed by atoms with Gasteiger partial charge in [-0.05, 0) is 18.3 Å². The second kappa shape index (κ2) is 4.26. The first kappa shape index (κ1) is 11.4. The number of nitrogens with zero attached hydrogens (tertiary/aromatic N) is 2. The lowest BCUT2D eigenvalue weighted by Crippen LogP contribution is -2.24. The number of aromatic nitrogens is 2. The molecular formula is C10H19N3S. The second-order valence-electron chi connectivity index (χ2n) is 4.77. The molecule has 80 valence electrons. The van der Waals surface area contributed by atoms with Gasteiger partial charge >= 0.3 is 0 Å². The summed E-state index contributed by atoms with van der Waals surface area (Å²) in [6.45, 7) is 11.9. The zero-order chi connectivity index (χ0) is 10.8. The molecule has 1 rings (SSSR count).